The van der Waals surface area contributed by atoms with Gasteiger partial charge >= 0.3 is 0 Å². The largest absolute Gasteiger partial charge is 0.395 e. The van der Waals surface area contributed by atoms with E-state index in [1.165, 1.54) is 19.3 Å². The van der Waals surface area contributed by atoms with Gasteiger partial charge in [-0.1, -0.05) is 27.2 Å². The molecule has 0 heterocycles. The second kappa shape index (κ2) is 6.12. The predicted octanol–water partition coefficient (Wildman–Crippen LogP) is 2.48. The van der Waals surface area contributed by atoms with Crippen LogP contribution in [0.1, 0.15) is 66.2 Å². The number of fused-ring (bicyclic) bond motifs is 1. The molecule has 0 saturated heterocycles. The molecule has 0 aromatic rings. The van der Waals surface area contributed by atoms with Crippen LogP contribution in [0, 0.1) is 22.7 Å². The Morgan fingerprint density at radius 3 is 2.50 bits per heavy atom. The SMILES string of the molecule is CC1(C)CCC[C@]2(C)C[C@@H](CC(=O)NCCO)[C@](C)(O)C[C@H]12. The van der Waals surface area contributed by atoms with Crippen molar-refractivity contribution in [1.29, 1.82) is 0 Å². The number of aliphatic hydroxyl groups is 2. The van der Waals surface area contributed by atoms with Crippen LogP contribution < -0.4 is 5.32 Å². The predicted molar refractivity (Wildman–Crippen MR) is 87.3 cm³/mol. The molecule has 0 aliphatic heterocycles. The van der Waals surface area contributed by atoms with Gasteiger partial charge in [0.15, 0.2) is 0 Å². The summed E-state index contributed by atoms with van der Waals surface area (Å²) in [5.41, 5.74) is -0.289. The summed E-state index contributed by atoms with van der Waals surface area (Å²) in [6.45, 7) is 9.17. The lowest BCUT2D eigenvalue weighted by atomic mass is 9.47. The molecule has 0 bridgehead atoms. The van der Waals surface area contributed by atoms with Gasteiger partial charge in [-0.3, -0.25) is 4.79 Å². The fourth-order valence-corrected chi connectivity index (χ4v) is 5.15. The van der Waals surface area contributed by atoms with E-state index in [9.17, 15) is 9.90 Å². The number of carbonyl (C=O) groups is 1. The van der Waals surface area contributed by atoms with Crippen molar-refractivity contribution in [1.82, 2.24) is 5.32 Å². The summed E-state index contributed by atoms with van der Waals surface area (Å²) < 4.78 is 0. The number of amides is 1. The molecule has 0 spiro atoms. The molecule has 22 heavy (non-hydrogen) atoms. The van der Waals surface area contributed by atoms with Crippen molar-refractivity contribution in [2.45, 2.75) is 71.8 Å². The van der Waals surface area contributed by atoms with Gasteiger partial charge in [0, 0.05) is 13.0 Å². The van der Waals surface area contributed by atoms with Gasteiger partial charge < -0.3 is 15.5 Å². The van der Waals surface area contributed by atoms with Gasteiger partial charge in [-0.05, 0) is 55.3 Å². The third-order valence-corrected chi connectivity index (χ3v) is 6.43. The molecular formula is C18H33NO3. The highest BCUT2D eigenvalue weighted by Crippen LogP contribution is 2.61. The van der Waals surface area contributed by atoms with E-state index < -0.39 is 5.60 Å². The first-order chi connectivity index (χ1) is 10.1. The van der Waals surface area contributed by atoms with Crippen LogP contribution in [0.2, 0.25) is 0 Å². The molecule has 2 fully saturated rings. The summed E-state index contributed by atoms with van der Waals surface area (Å²) in [6.07, 6.45) is 5.73. The first-order valence-corrected chi connectivity index (χ1v) is 8.71. The summed E-state index contributed by atoms with van der Waals surface area (Å²) in [6, 6.07) is 0. The third kappa shape index (κ3) is 3.48. The molecule has 0 radical (unpaired) electrons. The van der Waals surface area contributed by atoms with Crippen LogP contribution in [0.3, 0.4) is 0 Å². The first-order valence-electron chi connectivity index (χ1n) is 8.71. The van der Waals surface area contributed by atoms with Gasteiger partial charge in [0.2, 0.25) is 5.91 Å². The number of aliphatic hydroxyl groups excluding tert-OH is 1. The number of hydrogen-bond donors (Lipinski definition) is 3. The van der Waals surface area contributed by atoms with Gasteiger partial charge in [-0.2, -0.15) is 0 Å². The second-order valence-corrected chi connectivity index (χ2v) is 8.79. The zero-order chi connectivity index (χ0) is 16.6. The molecule has 2 saturated carbocycles. The monoisotopic (exact) mass is 311 g/mol. The molecule has 0 aromatic heterocycles. The minimum absolute atomic E-state index is 0.00124. The minimum Gasteiger partial charge on any atom is -0.395 e. The zero-order valence-electron chi connectivity index (χ0n) is 14.6. The highest BCUT2D eigenvalue weighted by molar-refractivity contribution is 5.76. The number of rotatable bonds is 4. The van der Waals surface area contributed by atoms with Crippen molar-refractivity contribution in [2.24, 2.45) is 22.7 Å². The van der Waals surface area contributed by atoms with E-state index >= 15 is 0 Å². The highest BCUT2D eigenvalue weighted by atomic mass is 16.3. The summed E-state index contributed by atoms with van der Waals surface area (Å²) in [5.74, 6) is 0.457. The van der Waals surface area contributed by atoms with Gasteiger partial charge in [-0.25, -0.2) is 0 Å². The van der Waals surface area contributed by atoms with Crippen molar-refractivity contribution >= 4 is 5.91 Å². The van der Waals surface area contributed by atoms with Crippen molar-refractivity contribution < 1.29 is 15.0 Å². The molecule has 2 aliphatic rings. The van der Waals surface area contributed by atoms with Crippen LogP contribution in [0.15, 0.2) is 0 Å². The Labute approximate surface area is 134 Å². The molecule has 3 N–H and O–H groups in total. The van der Waals surface area contributed by atoms with Crippen LogP contribution in [0.5, 0.6) is 0 Å². The zero-order valence-corrected chi connectivity index (χ0v) is 14.6. The second-order valence-electron chi connectivity index (χ2n) is 8.79. The summed E-state index contributed by atoms with van der Waals surface area (Å²) in [7, 11) is 0. The van der Waals surface area contributed by atoms with Gasteiger partial charge in [0.25, 0.3) is 0 Å². The topological polar surface area (TPSA) is 69.6 Å². The van der Waals surface area contributed by atoms with E-state index in [1.54, 1.807) is 0 Å². The van der Waals surface area contributed by atoms with E-state index in [0.717, 1.165) is 12.8 Å². The van der Waals surface area contributed by atoms with Crippen LogP contribution in [0.4, 0.5) is 0 Å². The summed E-state index contributed by atoms with van der Waals surface area (Å²) in [5, 5.41) is 22.5. The first kappa shape index (κ1) is 17.7. The van der Waals surface area contributed by atoms with Crippen molar-refractivity contribution in [3.63, 3.8) is 0 Å². The standard InChI is InChI=1S/C18H33NO3/c1-16(2)6-5-7-17(3)11-13(10-15(21)19-8-9-20)18(4,22)12-14(16)17/h13-14,20,22H,5-12H2,1-4H3,(H,19,21)/t13-,14-,17-,18-/m1/s1. The molecule has 2 aliphatic carbocycles. The average Bonchev–Trinajstić information content (AvgIpc) is 2.39. The van der Waals surface area contributed by atoms with E-state index in [-0.39, 0.29) is 29.3 Å². The fourth-order valence-electron chi connectivity index (χ4n) is 5.15. The molecule has 128 valence electrons. The van der Waals surface area contributed by atoms with E-state index in [2.05, 4.69) is 26.1 Å². The van der Waals surface area contributed by atoms with E-state index in [1.807, 2.05) is 6.92 Å². The van der Waals surface area contributed by atoms with Crippen LogP contribution in [0.25, 0.3) is 0 Å². The summed E-state index contributed by atoms with van der Waals surface area (Å²) in [4.78, 5) is 12.0. The van der Waals surface area contributed by atoms with Crippen molar-refractivity contribution in [3.8, 4) is 0 Å². The lowest BCUT2D eigenvalue weighted by Gasteiger charge is -2.59. The Morgan fingerprint density at radius 2 is 1.86 bits per heavy atom. The Balaban J connectivity index is 2.13. The molecule has 0 aromatic carbocycles. The third-order valence-electron chi connectivity index (χ3n) is 6.43. The number of nitrogens with one attached hydrogen (secondary N) is 1. The molecule has 4 atom stereocenters. The van der Waals surface area contributed by atoms with Crippen molar-refractivity contribution in [2.75, 3.05) is 13.2 Å². The molecule has 1 amide bonds. The molecule has 4 nitrogen and oxygen atoms in total. The van der Waals surface area contributed by atoms with Crippen LogP contribution >= 0.6 is 0 Å². The van der Waals surface area contributed by atoms with Crippen molar-refractivity contribution in [3.05, 3.63) is 0 Å². The Hall–Kier alpha value is -0.610. The molecular weight excluding hydrogens is 278 g/mol. The minimum atomic E-state index is -0.782. The smallest absolute Gasteiger partial charge is 0.220 e. The lowest BCUT2D eigenvalue weighted by molar-refractivity contribution is -0.154. The molecule has 2 rings (SSSR count). The lowest BCUT2D eigenvalue weighted by Crippen LogP contribution is -2.55. The maximum Gasteiger partial charge on any atom is 0.220 e. The average molecular weight is 311 g/mol. The van der Waals surface area contributed by atoms with Gasteiger partial charge in [-0.15, -0.1) is 0 Å². The normalized spacial score (nSPS) is 40.8. The van der Waals surface area contributed by atoms with Gasteiger partial charge in [0.1, 0.15) is 0 Å². The Kier molecular flexibility index (Phi) is 4.94. The fraction of sp³-hybridized carbons (Fsp3) is 0.944. The maximum atomic E-state index is 12.0. The number of carbonyl (C=O) groups excluding carboxylic acids is 1. The van der Waals surface area contributed by atoms with E-state index in [0.29, 0.717) is 18.9 Å². The van der Waals surface area contributed by atoms with Crippen LogP contribution in [-0.2, 0) is 4.79 Å². The molecule has 4 heteroatoms. The summed E-state index contributed by atoms with van der Waals surface area (Å²) >= 11 is 0. The number of hydrogen-bond acceptors (Lipinski definition) is 3. The highest BCUT2D eigenvalue weighted by Gasteiger charge is 2.55. The van der Waals surface area contributed by atoms with Crippen LogP contribution in [-0.4, -0.2) is 34.9 Å². The quantitative estimate of drug-likeness (QED) is 0.747. The molecule has 0 unspecified atom stereocenters. The van der Waals surface area contributed by atoms with Gasteiger partial charge in [0.05, 0.1) is 12.2 Å². The van der Waals surface area contributed by atoms with E-state index in [4.69, 9.17) is 5.11 Å². The maximum absolute atomic E-state index is 12.0. The Bertz CT molecular complexity index is 419. The Morgan fingerprint density at radius 1 is 1.18 bits per heavy atom.